The van der Waals surface area contributed by atoms with Crippen LogP contribution in [0.15, 0.2) is 30.3 Å². The summed E-state index contributed by atoms with van der Waals surface area (Å²) in [5.74, 6) is -3.64. The summed E-state index contributed by atoms with van der Waals surface area (Å²) < 4.78 is 0. The number of primary amides is 1. The molecule has 154 valence electrons. The van der Waals surface area contributed by atoms with Crippen LogP contribution >= 0.6 is 0 Å². The number of carboxylic acids is 1. The zero-order chi connectivity index (χ0) is 21.3. The molecule has 8 N–H and O–H groups in total. The molecule has 10 heteroatoms. The fourth-order valence-corrected chi connectivity index (χ4v) is 2.44. The van der Waals surface area contributed by atoms with Crippen molar-refractivity contribution in [3.63, 3.8) is 0 Å². The van der Waals surface area contributed by atoms with Gasteiger partial charge in [-0.2, -0.15) is 0 Å². The summed E-state index contributed by atoms with van der Waals surface area (Å²) in [6, 6.07) is 5.24. The van der Waals surface area contributed by atoms with Gasteiger partial charge in [0.1, 0.15) is 6.04 Å². The molecular formula is C18H26N4O6. The van der Waals surface area contributed by atoms with Crippen molar-refractivity contribution in [1.29, 1.82) is 0 Å². The highest BCUT2D eigenvalue weighted by Gasteiger charge is 2.30. The van der Waals surface area contributed by atoms with Gasteiger partial charge in [0, 0.05) is 6.42 Å². The lowest BCUT2D eigenvalue weighted by molar-refractivity contribution is -0.145. The average Bonchev–Trinajstić information content (AvgIpc) is 2.62. The molecule has 1 aromatic rings. The van der Waals surface area contributed by atoms with E-state index in [0.717, 1.165) is 5.56 Å². The number of amides is 3. The number of carbonyl (C=O) groups excluding carboxylic acids is 3. The lowest BCUT2D eigenvalue weighted by Crippen LogP contribution is -2.56. The molecule has 0 saturated heterocycles. The molecule has 1 aromatic carbocycles. The van der Waals surface area contributed by atoms with E-state index in [1.807, 2.05) is 6.07 Å². The van der Waals surface area contributed by atoms with Gasteiger partial charge in [0.25, 0.3) is 0 Å². The van der Waals surface area contributed by atoms with Crippen LogP contribution in [0, 0.1) is 0 Å². The largest absolute Gasteiger partial charge is 0.480 e. The second-order valence-electron chi connectivity index (χ2n) is 6.43. The number of hydrogen-bond acceptors (Lipinski definition) is 6. The summed E-state index contributed by atoms with van der Waals surface area (Å²) >= 11 is 0. The molecule has 0 aliphatic heterocycles. The minimum absolute atomic E-state index is 0.142. The van der Waals surface area contributed by atoms with Gasteiger partial charge >= 0.3 is 5.97 Å². The number of carboxylic acid groups (broad SMARTS) is 1. The Morgan fingerprint density at radius 3 is 2.18 bits per heavy atom. The van der Waals surface area contributed by atoms with Crippen molar-refractivity contribution >= 4 is 23.7 Å². The zero-order valence-corrected chi connectivity index (χ0v) is 15.5. The fourth-order valence-electron chi connectivity index (χ4n) is 2.44. The van der Waals surface area contributed by atoms with E-state index in [4.69, 9.17) is 16.6 Å². The minimum Gasteiger partial charge on any atom is -0.480 e. The molecule has 4 atom stereocenters. The minimum atomic E-state index is -1.57. The third-order valence-corrected chi connectivity index (χ3v) is 3.99. The smallest absolute Gasteiger partial charge is 0.328 e. The van der Waals surface area contributed by atoms with E-state index in [1.165, 1.54) is 6.92 Å². The van der Waals surface area contributed by atoms with Crippen molar-refractivity contribution in [1.82, 2.24) is 10.6 Å². The highest BCUT2D eigenvalue weighted by molar-refractivity contribution is 5.92. The topological polar surface area (TPSA) is 185 Å². The van der Waals surface area contributed by atoms with E-state index < -0.39 is 47.9 Å². The van der Waals surface area contributed by atoms with E-state index in [9.17, 15) is 24.3 Å². The van der Waals surface area contributed by atoms with Crippen molar-refractivity contribution in [2.45, 2.75) is 50.4 Å². The molecule has 0 saturated carbocycles. The molecule has 0 aliphatic carbocycles. The first kappa shape index (κ1) is 23.1. The molecule has 0 fully saturated rings. The molecule has 0 unspecified atom stereocenters. The second-order valence-corrected chi connectivity index (χ2v) is 6.43. The number of carbonyl (C=O) groups is 4. The van der Waals surface area contributed by atoms with E-state index in [0.29, 0.717) is 0 Å². The Morgan fingerprint density at radius 1 is 1.07 bits per heavy atom. The number of aliphatic hydroxyl groups excluding tert-OH is 1. The van der Waals surface area contributed by atoms with Crippen LogP contribution in [-0.4, -0.2) is 58.1 Å². The highest BCUT2D eigenvalue weighted by Crippen LogP contribution is 2.05. The number of aliphatic carboxylic acids is 1. The number of nitrogens with one attached hydrogen (secondary N) is 2. The average molecular weight is 394 g/mol. The monoisotopic (exact) mass is 394 g/mol. The molecular weight excluding hydrogens is 368 g/mol. The van der Waals surface area contributed by atoms with Gasteiger partial charge < -0.3 is 32.3 Å². The van der Waals surface area contributed by atoms with Gasteiger partial charge in [0.05, 0.1) is 12.1 Å². The predicted molar refractivity (Wildman–Crippen MR) is 99.7 cm³/mol. The molecule has 0 spiro atoms. The summed E-state index contributed by atoms with van der Waals surface area (Å²) in [4.78, 5) is 46.9. The van der Waals surface area contributed by atoms with Crippen molar-refractivity contribution in [2.75, 3.05) is 0 Å². The van der Waals surface area contributed by atoms with Crippen LogP contribution in [0.1, 0.15) is 25.3 Å². The second kappa shape index (κ2) is 11.0. The Labute approximate surface area is 162 Å². The fraction of sp³-hybridized carbons (Fsp3) is 0.444. The first-order valence-corrected chi connectivity index (χ1v) is 8.71. The third kappa shape index (κ3) is 7.72. The number of rotatable bonds is 11. The third-order valence-electron chi connectivity index (χ3n) is 3.99. The van der Waals surface area contributed by atoms with Gasteiger partial charge in [0.2, 0.25) is 17.7 Å². The van der Waals surface area contributed by atoms with Gasteiger partial charge in [-0.1, -0.05) is 30.3 Å². The summed E-state index contributed by atoms with van der Waals surface area (Å²) in [6.07, 6.45) is -1.49. The molecule has 0 aliphatic rings. The van der Waals surface area contributed by atoms with E-state index in [1.54, 1.807) is 24.3 Å². The van der Waals surface area contributed by atoms with Gasteiger partial charge in [-0.25, -0.2) is 4.79 Å². The maximum atomic E-state index is 12.4. The SMILES string of the molecule is C[C@@H](O)[C@H](NC(=O)[C@H](CCC(N)=O)NC(=O)[C@@H](N)Cc1ccccc1)C(=O)O. The van der Waals surface area contributed by atoms with E-state index in [-0.39, 0.29) is 19.3 Å². The Balaban J connectivity index is 2.81. The number of nitrogens with two attached hydrogens (primary N) is 2. The Morgan fingerprint density at radius 2 is 1.68 bits per heavy atom. The zero-order valence-electron chi connectivity index (χ0n) is 15.5. The number of benzene rings is 1. The van der Waals surface area contributed by atoms with Crippen LogP contribution in [0.3, 0.4) is 0 Å². The summed E-state index contributed by atoms with van der Waals surface area (Å²) in [5, 5.41) is 23.1. The first-order valence-electron chi connectivity index (χ1n) is 8.71. The van der Waals surface area contributed by atoms with Gasteiger partial charge in [0.15, 0.2) is 6.04 Å². The summed E-state index contributed by atoms with van der Waals surface area (Å²) in [7, 11) is 0. The van der Waals surface area contributed by atoms with E-state index >= 15 is 0 Å². The molecule has 1 rings (SSSR count). The lowest BCUT2D eigenvalue weighted by atomic mass is 10.0. The molecule has 0 bridgehead atoms. The molecule has 0 radical (unpaired) electrons. The normalized spacial score (nSPS) is 15.0. The molecule has 0 aromatic heterocycles. The van der Waals surface area contributed by atoms with Crippen molar-refractivity contribution < 1.29 is 29.4 Å². The van der Waals surface area contributed by atoms with Crippen LogP contribution in [0.25, 0.3) is 0 Å². The van der Waals surface area contributed by atoms with Crippen LogP contribution in [-0.2, 0) is 25.6 Å². The van der Waals surface area contributed by atoms with Crippen molar-refractivity contribution in [2.24, 2.45) is 11.5 Å². The number of aliphatic hydroxyl groups is 1. The molecule has 0 heterocycles. The summed E-state index contributed by atoms with van der Waals surface area (Å²) in [5.41, 5.74) is 11.8. The van der Waals surface area contributed by atoms with Crippen LogP contribution in [0.2, 0.25) is 0 Å². The maximum absolute atomic E-state index is 12.4. The van der Waals surface area contributed by atoms with Crippen LogP contribution in [0.5, 0.6) is 0 Å². The molecule has 28 heavy (non-hydrogen) atoms. The standard InChI is InChI=1S/C18H26N4O6/c1-10(23)15(18(27)28)22-17(26)13(7-8-14(20)24)21-16(25)12(19)9-11-5-3-2-4-6-11/h2-6,10,12-13,15,23H,7-9,19H2,1H3,(H2,20,24)(H,21,25)(H,22,26)(H,27,28)/t10-,12+,13+,15+/m1/s1. The quantitative estimate of drug-likeness (QED) is 0.257. The first-order chi connectivity index (χ1) is 13.1. The van der Waals surface area contributed by atoms with Crippen molar-refractivity contribution in [3.8, 4) is 0 Å². The molecule has 10 nitrogen and oxygen atoms in total. The number of hydrogen-bond donors (Lipinski definition) is 6. The summed E-state index contributed by atoms with van der Waals surface area (Å²) in [6.45, 7) is 1.20. The Hall–Kier alpha value is -2.98. The Kier molecular flexibility index (Phi) is 9.06. The predicted octanol–water partition coefficient (Wildman–Crippen LogP) is -1.74. The van der Waals surface area contributed by atoms with Gasteiger partial charge in [-0.05, 0) is 25.3 Å². The lowest BCUT2D eigenvalue weighted by Gasteiger charge is -2.23. The highest BCUT2D eigenvalue weighted by atomic mass is 16.4. The van der Waals surface area contributed by atoms with Crippen molar-refractivity contribution in [3.05, 3.63) is 35.9 Å². The maximum Gasteiger partial charge on any atom is 0.328 e. The van der Waals surface area contributed by atoms with Gasteiger partial charge in [-0.15, -0.1) is 0 Å². The van der Waals surface area contributed by atoms with E-state index in [2.05, 4.69) is 10.6 Å². The van der Waals surface area contributed by atoms with Gasteiger partial charge in [-0.3, -0.25) is 14.4 Å². The molecule has 3 amide bonds. The van der Waals surface area contributed by atoms with Crippen LogP contribution in [0.4, 0.5) is 0 Å². The Bertz CT molecular complexity index is 695. The van der Waals surface area contributed by atoms with Crippen LogP contribution < -0.4 is 22.1 Å².